The standard InChI is InChI=1S/C15H23N3O3/c1-3-4-5-6-14(19)17-18-15(20)11-16-12-7-9-13(21-2)10-8-12/h7-10,16H,3-6,11H2,1-2H3,(H,17,19)(H,18,20). The van der Waals surface area contributed by atoms with Crippen molar-refractivity contribution in [3.63, 3.8) is 0 Å². The zero-order valence-electron chi connectivity index (χ0n) is 12.6. The molecular weight excluding hydrogens is 270 g/mol. The number of carbonyl (C=O) groups excluding carboxylic acids is 2. The highest BCUT2D eigenvalue weighted by Gasteiger charge is 2.04. The molecule has 0 saturated heterocycles. The van der Waals surface area contributed by atoms with E-state index in [0.29, 0.717) is 6.42 Å². The van der Waals surface area contributed by atoms with E-state index in [4.69, 9.17) is 4.74 Å². The fraction of sp³-hybridized carbons (Fsp3) is 0.467. The largest absolute Gasteiger partial charge is 0.497 e. The summed E-state index contributed by atoms with van der Waals surface area (Å²) in [5, 5.41) is 2.95. The van der Waals surface area contributed by atoms with Crippen molar-refractivity contribution < 1.29 is 14.3 Å². The number of unbranched alkanes of at least 4 members (excludes halogenated alkanes) is 2. The third-order valence-electron chi connectivity index (χ3n) is 2.89. The number of rotatable bonds is 8. The number of methoxy groups -OCH3 is 1. The van der Waals surface area contributed by atoms with E-state index in [9.17, 15) is 9.59 Å². The molecule has 0 aliphatic rings. The number of ether oxygens (including phenoxy) is 1. The molecule has 1 aromatic carbocycles. The third-order valence-corrected chi connectivity index (χ3v) is 2.89. The Bertz CT molecular complexity index is 446. The lowest BCUT2D eigenvalue weighted by molar-refractivity contribution is -0.128. The second-order valence-corrected chi connectivity index (χ2v) is 4.64. The lowest BCUT2D eigenvalue weighted by Crippen LogP contribution is -2.44. The molecule has 1 aromatic rings. The van der Waals surface area contributed by atoms with Crippen LogP contribution in [0.25, 0.3) is 0 Å². The minimum atomic E-state index is -0.297. The van der Waals surface area contributed by atoms with Crippen LogP contribution in [0.15, 0.2) is 24.3 Å². The number of carbonyl (C=O) groups is 2. The Morgan fingerprint density at radius 3 is 2.33 bits per heavy atom. The van der Waals surface area contributed by atoms with Crippen molar-refractivity contribution in [2.75, 3.05) is 19.0 Å². The zero-order valence-corrected chi connectivity index (χ0v) is 12.6. The molecule has 0 aliphatic heterocycles. The number of nitrogens with one attached hydrogen (secondary N) is 3. The van der Waals surface area contributed by atoms with Gasteiger partial charge in [-0.05, 0) is 30.7 Å². The molecule has 6 nitrogen and oxygen atoms in total. The summed E-state index contributed by atoms with van der Waals surface area (Å²) in [6.45, 7) is 2.16. The van der Waals surface area contributed by atoms with Gasteiger partial charge in [0.05, 0.1) is 13.7 Å². The van der Waals surface area contributed by atoms with Crippen molar-refractivity contribution in [1.29, 1.82) is 0 Å². The molecular formula is C15H23N3O3. The van der Waals surface area contributed by atoms with E-state index in [1.165, 1.54) is 0 Å². The minimum absolute atomic E-state index is 0.0849. The van der Waals surface area contributed by atoms with E-state index in [1.54, 1.807) is 19.2 Å². The molecule has 0 heterocycles. The number of hydrazine groups is 1. The lowest BCUT2D eigenvalue weighted by Gasteiger charge is -2.09. The molecule has 0 saturated carbocycles. The summed E-state index contributed by atoms with van der Waals surface area (Å²) in [7, 11) is 1.60. The summed E-state index contributed by atoms with van der Waals surface area (Å²) < 4.78 is 5.05. The molecule has 0 atom stereocenters. The zero-order chi connectivity index (χ0) is 15.5. The van der Waals surface area contributed by atoms with Gasteiger partial charge in [-0.15, -0.1) is 0 Å². The van der Waals surface area contributed by atoms with Gasteiger partial charge < -0.3 is 10.1 Å². The Morgan fingerprint density at radius 2 is 1.71 bits per heavy atom. The topological polar surface area (TPSA) is 79.5 Å². The van der Waals surface area contributed by atoms with Gasteiger partial charge in [0.1, 0.15) is 5.75 Å². The van der Waals surface area contributed by atoms with Crippen molar-refractivity contribution in [3.05, 3.63) is 24.3 Å². The SMILES string of the molecule is CCCCCC(=O)NNC(=O)CNc1ccc(OC)cc1. The summed E-state index contributed by atoms with van der Waals surface area (Å²) in [5.74, 6) is 0.292. The van der Waals surface area contributed by atoms with Gasteiger partial charge in [-0.3, -0.25) is 20.4 Å². The van der Waals surface area contributed by atoms with Crippen LogP contribution >= 0.6 is 0 Å². The number of anilines is 1. The van der Waals surface area contributed by atoms with Crippen molar-refractivity contribution in [2.24, 2.45) is 0 Å². The molecule has 21 heavy (non-hydrogen) atoms. The molecule has 0 aliphatic carbocycles. The Hall–Kier alpha value is -2.24. The van der Waals surface area contributed by atoms with Crippen LogP contribution < -0.4 is 20.9 Å². The smallest absolute Gasteiger partial charge is 0.257 e. The first-order valence-corrected chi connectivity index (χ1v) is 7.11. The first-order chi connectivity index (χ1) is 10.2. The van der Waals surface area contributed by atoms with Gasteiger partial charge in [0.25, 0.3) is 5.91 Å². The van der Waals surface area contributed by atoms with Crippen LogP contribution in [-0.2, 0) is 9.59 Å². The predicted molar refractivity (Wildman–Crippen MR) is 81.9 cm³/mol. The van der Waals surface area contributed by atoms with E-state index in [0.717, 1.165) is 30.7 Å². The van der Waals surface area contributed by atoms with Crippen molar-refractivity contribution in [1.82, 2.24) is 10.9 Å². The van der Waals surface area contributed by atoms with Crippen LogP contribution in [0.3, 0.4) is 0 Å². The first-order valence-electron chi connectivity index (χ1n) is 7.11. The van der Waals surface area contributed by atoms with E-state index in [-0.39, 0.29) is 18.4 Å². The summed E-state index contributed by atoms with van der Waals surface area (Å²) in [6.07, 6.45) is 3.34. The summed E-state index contributed by atoms with van der Waals surface area (Å²) in [5.41, 5.74) is 5.58. The summed E-state index contributed by atoms with van der Waals surface area (Å²) in [6, 6.07) is 7.23. The monoisotopic (exact) mass is 293 g/mol. The highest BCUT2D eigenvalue weighted by Crippen LogP contribution is 2.14. The van der Waals surface area contributed by atoms with Crippen LogP contribution in [0.5, 0.6) is 5.75 Å². The summed E-state index contributed by atoms with van der Waals surface area (Å²) in [4.78, 5) is 23.0. The van der Waals surface area contributed by atoms with Gasteiger partial charge in [0.2, 0.25) is 5.91 Å². The second kappa shape index (κ2) is 9.63. The molecule has 116 valence electrons. The molecule has 0 radical (unpaired) electrons. The number of amides is 2. The van der Waals surface area contributed by atoms with Crippen molar-refractivity contribution in [2.45, 2.75) is 32.6 Å². The maximum atomic E-state index is 11.6. The fourth-order valence-corrected chi connectivity index (χ4v) is 1.67. The Balaban J connectivity index is 2.19. The molecule has 6 heteroatoms. The lowest BCUT2D eigenvalue weighted by atomic mass is 10.2. The molecule has 0 fully saturated rings. The third kappa shape index (κ3) is 7.20. The van der Waals surface area contributed by atoms with E-state index >= 15 is 0 Å². The molecule has 0 bridgehead atoms. The molecule has 3 N–H and O–H groups in total. The van der Waals surface area contributed by atoms with Gasteiger partial charge in [-0.2, -0.15) is 0 Å². The van der Waals surface area contributed by atoms with Crippen LogP contribution in [0.1, 0.15) is 32.6 Å². The Morgan fingerprint density at radius 1 is 1.05 bits per heavy atom. The van der Waals surface area contributed by atoms with Crippen LogP contribution in [0.4, 0.5) is 5.69 Å². The Labute approximate surface area is 125 Å². The molecule has 0 unspecified atom stereocenters. The van der Waals surface area contributed by atoms with Crippen LogP contribution in [-0.4, -0.2) is 25.5 Å². The highest BCUT2D eigenvalue weighted by atomic mass is 16.5. The molecule has 1 rings (SSSR count). The quantitative estimate of drug-likeness (QED) is 0.505. The number of hydrogen-bond acceptors (Lipinski definition) is 4. The average Bonchev–Trinajstić information content (AvgIpc) is 2.51. The molecule has 0 aromatic heterocycles. The maximum Gasteiger partial charge on any atom is 0.257 e. The summed E-state index contributed by atoms with van der Waals surface area (Å²) >= 11 is 0. The average molecular weight is 293 g/mol. The predicted octanol–water partition coefficient (Wildman–Crippen LogP) is 1.83. The fourth-order valence-electron chi connectivity index (χ4n) is 1.67. The van der Waals surface area contributed by atoms with Gasteiger partial charge >= 0.3 is 0 Å². The van der Waals surface area contributed by atoms with Gasteiger partial charge in [-0.1, -0.05) is 19.8 Å². The number of hydrogen-bond donors (Lipinski definition) is 3. The number of benzene rings is 1. The first kappa shape index (κ1) is 16.8. The minimum Gasteiger partial charge on any atom is -0.497 e. The van der Waals surface area contributed by atoms with E-state index in [1.807, 2.05) is 12.1 Å². The molecule has 2 amide bonds. The maximum absolute atomic E-state index is 11.6. The van der Waals surface area contributed by atoms with Crippen molar-refractivity contribution in [3.8, 4) is 5.75 Å². The van der Waals surface area contributed by atoms with Crippen LogP contribution in [0.2, 0.25) is 0 Å². The second-order valence-electron chi connectivity index (χ2n) is 4.64. The van der Waals surface area contributed by atoms with E-state index < -0.39 is 0 Å². The van der Waals surface area contributed by atoms with Crippen molar-refractivity contribution >= 4 is 17.5 Å². The highest BCUT2D eigenvalue weighted by molar-refractivity contribution is 5.84. The normalized spacial score (nSPS) is 9.81. The Kier molecular flexibility index (Phi) is 7.71. The van der Waals surface area contributed by atoms with Gasteiger partial charge in [0.15, 0.2) is 0 Å². The van der Waals surface area contributed by atoms with Gasteiger partial charge in [0, 0.05) is 12.1 Å². The van der Waals surface area contributed by atoms with Crippen LogP contribution in [0, 0.1) is 0 Å². The van der Waals surface area contributed by atoms with E-state index in [2.05, 4.69) is 23.1 Å². The molecule has 0 spiro atoms. The van der Waals surface area contributed by atoms with Gasteiger partial charge in [-0.25, -0.2) is 0 Å².